The molecule has 0 aliphatic rings. The van der Waals surface area contributed by atoms with Crippen molar-refractivity contribution in [2.45, 2.75) is 122 Å². The SMILES string of the molecule is CC(C)CN(C[C@@H](O)[C@H](Cc1ccccc1)NC(=O)[C@H](CCCN=C(NC(=O)OC(C)(C)C)NC(=O)OC(C)(C)C)NC(=O)OCc1ccccc1)S(=O)(=O)c1ccc(CN=O)cc1. The number of alkyl carbamates (subject to hydrolysis) is 3. The summed E-state index contributed by atoms with van der Waals surface area (Å²) in [4.78, 5) is 67.8. The van der Waals surface area contributed by atoms with Crippen LogP contribution in [0.25, 0.3) is 0 Å². The highest BCUT2D eigenvalue weighted by Crippen LogP contribution is 2.21. The third kappa shape index (κ3) is 19.6. The lowest BCUT2D eigenvalue weighted by molar-refractivity contribution is -0.124. The minimum Gasteiger partial charge on any atom is -0.445 e. The van der Waals surface area contributed by atoms with Crippen LogP contribution in [-0.2, 0) is 48.6 Å². The predicted octanol–water partition coefficient (Wildman–Crippen LogP) is 6.17. The van der Waals surface area contributed by atoms with E-state index in [-0.39, 0.29) is 62.3 Å². The van der Waals surface area contributed by atoms with E-state index >= 15 is 0 Å². The average Bonchev–Trinajstić information content (AvgIpc) is 3.20. The summed E-state index contributed by atoms with van der Waals surface area (Å²) in [6.07, 6.45) is -3.99. The predicted molar refractivity (Wildman–Crippen MR) is 241 cm³/mol. The molecule has 0 saturated heterocycles. The molecular weight excluding hydrogens is 847 g/mol. The molecule has 0 unspecified atom stereocenters. The van der Waals surface area contributed by atoms with E-state index in [9.17, 15) is 37.6 Å². The lowest BCUT2D eigenvalue weighted by Gasteiger charge is -2.31. The number of sulfonamides is 1. The minimum atomic E-state index is -4.18. The molecule has 0 saturated carbocycles. The highest BCUT2D eigenvalue weighted by molar-refractivity contribution is 7.89. The Balaban J connectivity index is 1.92. The van der Waals surface area contributed by atoms with Crippen molar-refractivity contribution < 1.29 is 46.9 Å². The van der Waals surface area contributed by atoms with Gasteiger partial charge < -0.3 is 30.0 Å². The lowest BCUT2D eigenvalue weighted by atomic mass is 10.00. The highest BCUT2D eigenvalue weighted by atomic mass is 32.2. The van der Waals surface area contributed by atoms with Gasteiger partial charge in [0, 0.05) is 19.6 Å². The van der Waals surface area contributed by atoms with Gasteiger partial charge >= 0.3 is 18.3 Å². The van der Waals surface area contributed by atoms with Gasteiger partial charge in [-0.05, 0) is 95.5 Å². The Labute approximate surface area is 375 Å². The fourth-order valence-electron chi connectivity index (χ4n) is 6.01. The maximum atomic E-state index is 14.3. The van der Waals surface area contributed by atoms with Crippen molar-refractivity contribution in [1.82, 2.24) is 25.6 Å². The van der Waals surface area contributed by atoms with Crippen LogP contribution < -0.4 is 21.3 Å². The highest BCUT2D eigenvalue weighted by Gasteiger charge is 2.33. The number of aliphatic imine (C=N–C) groups is 1. The zero-order valence-corrected chi connectivity index (χ0v) is 38.6. The summed E-state index contributed by atoms with van der Waals surface area (Å²) in [5.41, 5.74) is 0.241. The number of aliphatic hydroxyl groups excluding tert-OH is 1. The van der Waals surface area contributed by atoms with Gasteiger partial charge in [-0.1, -0.05) is 91.8 Å². The van der Waals surface area contributed by atoms with Crippen molar-refractivity contribution >= 4 is 40.2 Å². The van der Waals surface area contributed by atoms with Gasteiger partial charge in [0.15, 0.2) is 0 Å². The van der Waals surface area contributed by atoms with Crippen LogP contribution in [0.2, 0.25) is 0 Å². The average molecular weight is 910 g/mol. The number of nitroso groups, excluding NO2 is 1. The fraction of sp³-hybridized carbons (Fsp3) is 0.489. The number of benzene rings is 3. The number of hydrogen-bond acceptors (Lipinski definition) is 13. The summed E-state index contributed by atoms with van der Waals surface area (Å²) in [5.74, 6) is -1.14. The van der Waals surface area contributed by atoms with E-state index in [1.54, 1.807) is 90.1 Å². The van der Waals surface area contributed by atoms with Crippen molar-refractivity contribution in [2.24, 2.45) is 16.1 Å². The van der Waals surface area contributed by atoms with E-state index in [1.807, 2.05) is 26.0 Å². The lowest BCUT2D eigenvalue weighted by Crippen LogP contribution is -2.55. The Morgan fingerprint density at radius 2 is 1.28 bits per heavy atom. The van der Waals surface area contributed by atoms with Crippen LogP contribution in [0.1, 0.15) is 84.9 Å². The first-order chi connectivity index (χ1) is 30.0. The molecule has 3 aromatic rings. The molecule has 0 heterocycles. The molecule has 64 heavy (non-hydrogen) atoms. The standard InChI is InChI=1S/C45H63N7O11S/c1-31(2)28-52(64(59,60)35-23-21-33(22-24-35)27-47-58)29-38(53)37(26-32-16-11-9-12-17-32)48-39(54)36(49-41(55)61-30-34-18-13-10-14-19-34)20-15-25-46-40(50-42(56)62-44(3,4)5)51-43(57)63-45(6,7)8/h9-14,16-19,21-24,31,36-38,53H,15,20,25-30H2,1-8H3,(H,48,54)(H,49,55)(H2,46,50,51,56,57)/t36-,37-,38+/m0/s1. The van der Waals surface area contributed by atoms with Crippen LogP contribution in [0.15, 0.2) is 100.0 Å². The molecule has 0 aliphatic heterocycles. The second-order valence-corrected chi connectivity index (χ2v) is 19.3. The van der Waals surface area contributed by atoms with Gasteiger partial charge in [0.25, 0.3) is 0 Å². The smallest absolute Gasteiger partial charge is 0.414 e. The van der Waals surface area contributed by atoms with Crippen molar-refractivity contribution in [3.05, 3.63) is 107 Å². The number of hydrogen-bond donors (Lipinski definition) is 5. The van der Waals surface area contributed by atoms with Crippen LogP contribution in [0.5, 0.6) is 0 Å². The maximum absolute atomic E-state index is 14.3. The first-order valence-corrected chi connectivity index (χ1v) is 22.4. The molecule has 4 amide bonds. The van der Waals surface area contributed by atoms with Gasteiger partial charge in [-0.3, -0.25) is 20.4 Å². The molecule has 19 heteroatoms. The van der Waals surface area contributed by atoms with Crippen molar-refractivity contribution in [1.29, 1.82) is 0 Å². The number of rotatable bonds is 20. The summed E-state index contributed by atoms with van der Waals surface area (Å²) in [6.45, 7) is 13.0. The first-order valence-electron chi connectivity index (χ1n) is 21.0. The molecule has 0 fully saturated rings. The summed E-state index contributed by atoms with van der Waals surface area (Å²) in [5, 5.41) is 25.0. The van der Waals surface area contributed by atoms with Gasteiger partial charge in [0.1, 0.15) is 30.4 Å². The largest absolute Gasteiger partial charge is 0.445 e. The fourth-order valence-corrected chi connectivity index (χ4v) is 7.63. The number of carbonyl (C=O) groups is 4. The van der Waals surface area contributed by atoms with Crippen LogP contribution >= 0.6 is 0 Å². The number of carbonyl (C=O) groups excluding carboxylic acids is 4. The summed E-state index contributed by atoms with van der Waals surface area (Å²) >= 11 is 0. The molecule has 0 bridgehead atoms. The molecular formula is C45H63N7O11S. The number of aliphatic hydroxyl groups is 1. The number of amides is 4. The molecule has 3 rings (SSSR count). The summed E-state index contributed by atoms with van der Waals surface area (Å²) in [7, 11) is -4.18. The Kier molecular flexibility index (Phi) is 20.3. The Hall–Kier alpha value is -5.92. The number of nitrogens with one attached hydrogen (secondary N) is 4. The molecule has 3 aromatic carbocycles. The minimum absolute atomic E-state index is 0.0363. The topological polar surface area (TPSA) is 243 Å². The number of guanidine groups is 1. The first kappa shape index (κ1) is 52.4. The maximum Gasteiger partial charge on any atom is 0.414 e. The molecule has 3 atom stereocenters. The normalized spacial score (nSPS) is 13.2. The molecule has 5 N–H and O–H groups in total. The number of nitrogens with zero attached hydrogens (tertiary/aromatic N) is 3. The zero-order chi connectivity index (χ0) is 47.5. The van der Waals surface area contributed by atoms with Crippen LogP contribution in [-0.4, -0.2) is 97.0 Å². The van der Waals surface area contributed by atoms with E-state index in [2.05, 4.69) is 31.4 Å². The Bertz CT molecular complexity index is 2080. The third-order valence-electron chi connectivity index (χ3n) is 8.84. The van der Waals surface area contributed by atoms with E-state index in [1.165, 1.54) is 24.3 Å². The molecule has 0 aliphatic carbocycles. The summed E-state index contributed by atoms with van der Waals surface area (Å²) < 4.78 is 45.2. The van der Waals surface area contributed by atoms with Crippen LogP contribution in [0.4, 0.5) is 14.4 Å². The van der Waals surface area contributed by atoms with Gasteiger partial charge in [-0.25, -0.2) is 22.8 Å². The monoisotopic (exact) mass is 909 g/mol. The Morgan fingerprint density at radius 1 is 0.734 bits per heavy atom. The molecule has 0 radical (unpaired) electrons. The van der Waals surface area contributed by atoms with E-state index in [0.29, 0.717) is 11.1 Å². The van der Waals surface area contributed by atoms with E-state index < -0.39 is 70.1 Å². The van der Waals surface area contributed by atoms with Crippen LogP contribution in [0, 0.1) is 10.8 Å². The molecule has 0 aromatic heterocycles. The van der Waals surface area contributed by atoms with Gasteiger partial charge in [0.2, 0.25) is 21.9 Å². The second kappa shape index (κ2) is 24.8. The van der Waals surface area contributed by atoms with Crippen molar-refractivity contribution in [3.8, 4) is 0 Å². The van der Waals surface area contributed by atoms with Crippen LogP contribution in [0.3, 0.4) is 0 Å². The second-order valence-electron chi connectivity index (χ2n) is 17.4. The molecule has 0 spiro atoms. The summed E-state index contributed by atoms with van der Waals surface area (Å²) in [6, 6.07) is 21.3. The zero-order valence-electron chi connectivity index (χ0n) is 37.8. The Morgan fingerprint density at radius 3 is 1.80 bits per heavy atom. The van der Waals surface area contributed by atoms with Gasteiger partial charge in [-0.15, -0.1) is 0 Å². The van der Waals surface area contributed by atoms with E-state index in [0.717, 1.165) is 9.87 Å². The van der Waals surface area contributed by atoms with Gasteiger partial charge in [0.05, 0.1) is 17.0 Å². The third-order valence-corrected chi connectivity index (χ3v) is 10.7. The molecule has 18 nitrogen and oxygen atoms in total. The van der Waals surface area contributed by atoms with Crippen molar-refractivity contribution in [2.75, 3.05) is 19.6 Å². The number of ether oxygens (including phenoxy) is 3. The van der Waals surface area contributed by atoms with Crippen molar-refractivity contribution in [3.63, 3.8) is 0 Å². The van der Waals surface area contributed by atoms with E-state index in [4.69, 9.17) is 14.2 Å². The quantitative estimate of drug-likeness (QED) is 0.0282. The molecule has 350 valence electrons. The van der Waals surface area contributed by atoms with Gasteiger partial charge in [-0.2, -0.15) is 9.21 Å².